The highest BCUT2D eigenvalue weighted by molar-refractivity contribution is 9.09. The predicted molar refractivity (Wildman–Crippen MR) is 69.4 cm³/mol. The van der Waals surface area contributed by atoms with Gasteiger partial charge in [0.05, 0.1) is 0 Å². The molecule has 0 amide bonds. The van der Waals surface area contributed by atoms with Crippen LogP contribution in [0.15, 0.2) is 12.3 Å². The van der Waals surface area contributed by atoms with Gasteiger partial charge in [-0.15, -0.1) is 0 Å². The first-order valence-electron chi connectivity index (χ1n) is 5.19. The summed E-state index contributed by atoms with van der Waals surface area (Å²) in [5, 5.41) is 0. The lowest BCUT2D eigenvalue weighted by Crippen LogP contribution is -2.23. The average molecular weight is 271 g/mol. The highest BCUT2D eigenvalue weighted by atomic mass is 79.9. The normalized spacial score (nSPS) is 13.9. The summed E-state index contributed by atoms with van der Waals surface area (Å²) < 4.78 is 0. The van der Waals surface area contributed by atoms with E-state index in [0.29, 0.717) is 10.6 Å². The Morgan fingerprint density at radius 2 is 2.13 bits per heavy atom. The van der Waals surface area contributed by atoms with Gasteiger partial charge >= 0.3 is 0 Å². The van der Waals surface area contributed by atoms with Crippen LogP contribution in [-0.2, 0) is 5.41 Å². The number of hydrogen-bond acceptors (Lipinski definition) is 2. The van der Waals surface area contributed by atoms with Crippen molar-refractivity contribution in [3.63, 3.8) is 0 Å². The standard InChI is InChI=1S/C12H19BrN2/c1-8-5-10(11(14)15-7-8)12(3,4)6-9(2)13/h5,7,9H,6H2,1-4H3,(H2,14,15). The number of halogens is 1. The summed E-state index contributed by atoms with van der Waals surface area (Å²) in [6.45, 7) is 8.61. The molecule has 1 aromatic rings. The van der Waals surface area contributed by atoms with Crippen molar-refractivity contribution in [3.05, 3.63) is 23.4 Å². The SMILES string of the molecule is Cc1cnc(N)c(C(C)(C)CC(C)Br)c1. The molecular formula is C12H19BrN2. The molecule has 0 radical (unpaired) electrons. The smallest absolute Gasteiger partial charge is 0.127 e. The summed E-state index contributed by atoms with van der Waals surface area (Å²) in [4.78, 5) is 4.69. The number of nitrogen functional groups attached to an aromatic ring is 1. The van der Waals surface area contributed by atoms with E-state index in [2.05, 4.69) is 47.8 Å². The zero-order valence-electron chi connectivity index (χ0n) is 9.84. The Hall–Kier alpha value is -0.570. The molecule has 0 bridgehead atoms. The van der Waals surface area contributed by atoms with E-state index < -0.39 is 0 Å². The molecule has 1 aromatic heterocycles. The number of anilines is 1. The highest BCUT2D eigenvalue weighted by Gasteiger charge is 2.25. The zero-order valence-corrected chi connectivity index (χ0v) is 11.4. The maximum Gasteiger partial charge on any atom is 0.127 e. The third-order valence-corrected chi connectivity index (χ3v) is 2.90. The van der Waals surface area contributed by atoms with Crippen molar-refractivity contribution in [2.45, 2.75) is 44.4 Å². The molecule has 1 heterocycles. The van der Waals surface area contributed by atoms with Crippen LogP contribution in [0.5, 0.6) is 0 Å². The fourth-order valence-electron chi connectivity index (χ4n) is 1.93. The van der Waals surface area contributed by atoms with Gasteiger partial charge in [0.25, 0.3) is 0 Å². The Labute approximate surface area is 100 Å². The van der Waals surface area contributed by atoms with Crippen molar-refractivity contribution in [3.8, 4) is 0 Å². The maximum absolute atomic E-state index is 5.92. The van der Waals surface area contributed by atoms with Gasteiger partial charge in [-0.05, 0) is 24.3 Å². The predicted octanol–water partition coefficient (Wildman–Crippen LogP) is 3.42. The molecule has 0 aliphatic rings. The lowest BCUT2D eigenvalue weighted by atomic mass is 9.80. The van der Waals surface area contributed by atoms with Gasteiger partial charge in [-0.1, -0.05) is 42.8 Å². The van der Waals surface area contributed by atoms with E-state index in [4.69, 9.17) is 5.73 Å². The first-order chi connectivity index (χ1) is 6.83. The molecule has 84 valence electrons. The van der Waals surface area contributed by atoms with Crippen molar-refractivity contribution in [1.29, 1.82) is 0 Å². The Morgan fingerprint density at radius 3 is 2.67 bits per heavy atom. The molecule has 1 rings (SSSR count). The van der Waals surface area contributed by atoms with Crippen LogP contribution in [0.2, 0.25) is 0 Å². The third-order valence-electron chi connectivity index (χ3n) is 2.58. The topological polar surface area (TPSA) is 38.9 Å². The van der Waals surface area contributed by atoms with Crippen LogP contribution in [-0.4, -0.2) is 9.81 Å². The van der Waals surface area contributed by atoms with Gasteiger partial charge in [-0.25, -0.2) is 4.98 Å². The summed E-state index contributed by atoms with van der Waals surface area (Å²) in [5.74, 6) is 0.652. The Bertz CT molecular complexity index is 345. The molecule has 0 fully saturated rings. The van der Waals surface area contributed by atoms with Crippen LogP contribution in [0.1, 0.15) is 38.3 Å². The third kappa shape index (κ3) is 3.20. The fraction of sp³-hybridized carbons (Fsp3) is 0.583. The van der Waals surface area contributed by atoms with Gasteiger partial charge in [0, 0.05) is 16.6 Å². The number of nitrogens with zero attached hydrogens (tertiary/aromatic N) is 1. The van der Waals surface area contributed by atoms with E-state index >= 15 is 0 Å². The van der Waals surface area contributed by atoms with Crippen molar-refractivity contribution in [2.24, 2.45) is 0 Å². The van der Waals surface area contributed by atoms with Crippen LogP contribution in [0.25, 0.3) is 0 Å². The first kappa shape index (κ1) is 12.5. The van der Waals surface area contributed by atoms with Crippen LogP contribution in [0.4, 0.5) is 5.82 Å². The number of alkyl halides is 1. The van der Waals surface area contributed by atoms with Gasteiger partial charge < -0.3 is 5.73 Å². The molecule has 0 aliphatic carbocycles. The Balaban J connectivity index is 3.08. The van der Waals surface area contributed by atoms with Crippen LogP contribution >= 0.6 is 15.9 Å². The van der Waals surface area contributed by atoms with Gasteiger partial charge in [0.15, 0.2) is 0 Å². The lowest BCUT2D eigenvalue weighted by molar-refractivity contribution is 0.482. The molecule has 15 heavy (non-hydrogen) atoms. The van der Waals surface area contributed by atoms with Gasteiger partial charge in [0.2, 0.25) is 0 Å². The molecule has 1 atom stereocenters. The van der Waals surface area contributed by atoms with Crippen LogP contribution in [0.3, 0.4) is 0 Å². The summed E-state index contributed by atoms with van der Waals surface area (Å²) in [7, 11) is 0. The van der Waals surface area contributed by atoms with Crippen molar-refractivity contribution >= 4 is 21.7 Å². The quantitative estimate of drug-likeness (QED) is 0.855. The van der Waals surface area contributed by atoms with Gasteiger partial charge in [0.1, 0.15) is 5.82 Å². The van der Waals surface area contributed by atoms with E-state index in [-0.39, 0.29) is 5.41 Å². The molecule has 2 nitrogen and oxygen atoms in total. The maximum atomic E-state index is 5.92. The summed E-state index contributed by atoms with van der Waals surface area (Å²) in [6, 6.07) is 2.14. The second kappa shape index (κ2) is 4.52. The second-order valence-corrected chi connectivity index (χ2v) is 6.38. The van der Waals surface area contributed by atoms with Crippen molar-refractivity contribution < 1.29 is 0 Å². The molecule has 0 spiro atoms. The second-order valence-electron chi connectivity index (χ2n) is 4.81. The minimum atomic E-state index is 0.0615. The van der Waals surface area contributed by atoms with E-state index in [1.807, 2.05) is 13.1 Å². The average Bonchev–Trinajstić information content (AvgIpc) is 2.06. The van der Waals surface area contributed by atoms with Crippen LogP contribution in [0, 0.1) is 6.92 Å². The number of rotatable bonds is 3. The lowest BCUT2D eigenvalue weighted by Gasteiger charge is -2.27. The van der Waals surface area contributed by atoms with Crippen LogP contribution < -0.4 is 5.73 Å². The molecule has 0 aliphatic heterocycles. The number of hydrogen-bond donors (Lipinski definition) is 1. The summed E-state index contributed by atoms with van der Waals surface area (Å²) >= 11 is 3.59. The molecular weight excluding hydrogens is 252 g/mol. The van der Waals surface area contributed by atoms with E-state index in [1.54, 1.807) is 0 Å². The number of aryl methyl sites for hydroxylation is 1. The monoisotopic (exact) mass is 270 g/mol. The van der Waals surface area contributed by atoms with E-state index in [1.165, 1.54) is 0 Å². The summed E-state index contributed by atoms with van der Waals surface area (Å²) in [5.41, 5.74) is 8.30. The molecule has 2 N–H and O–H groups in total. The van der Waals surface area contributed by atoms with E-state index in [0.717, 1.165) is 17.5 Å². The van der Waals surface area contributed by atoms with E-state index in [9.17, 15) is 0 Å². The Morgan fingerprint density at radius 1 is 1.53 bits per heavy atom. The van der Waals surface area contributed by atoms with Crippen molar-refractivity contribution in [1.82, 2.24) is 4.98 Å². The molecule has 0 saturated heterocycles. The Kier molecular flexibility index (Phi) is 3.77. The molecule has 3 heteroatoms. The van der Waals surface area contributed by atoms with Gasteiger partial charge in [-0.2, -0.15) is 0 Å². The zero-order chi connectivity index (χ0) is 11.6. The first-order valence-corrected chi connectivity index (χ1v) is 6.11. The molecule has 1 unspecified atom stereocenters. The molecule has 0 saturated carbocycles. The number of nitrogens with two attached hydrogens (primary N) is 1. The minimum absolute atomic E-state index is 0.0615. The minimum Gasteiger partial charge on any atom is -0.383 e. The molecule has 0 aromatic carbocycles. The van der Waals surface area contributed by atoms with Crippen molar-refractivity contribution in [2.75, 3.05) is 5.73 Å². The number of aromatic nitrogens is 1. The number of pyridine rings is 1. The highest BCUT2D eigenvalue weighted by Crippen LogP contribution is 2.33. The van der Waals surface area contributed by atoms with Gasteiger partial charge in [-0.3, -0.25) is 0 Å². The fourth-order valence-corrected chi connectivity index (χ4v) is 2.74. The summed E-state index contributed by atoms with van der Waals surface area (Å²) in [6.07, 6.45) is 2.86. The largest absolute Gasteiger partial charge is 0.383 e.